The number of nitrogens with one attached hydrogen (secondary N) is 1. The smallest absolute Gasteiger partial charge is 0.146 e. The van der Waals surface area contributed by atoms with E-state index in [0.29, 0.717) is 0 Å². The maximum atomic E-state index is 4.24. The second-order valence-corrected chi connectivity index (χ2v) is 3.17. The molecule has 78 valence electrons. The molecule has 5 heteroatoms. The Kier molecular flexibility index (Phi) is 2.62. The highest BCUT2D eigenvalue weighted by molar-refractivity contribution is 5.50. The second-order valence-electron chi connectivity index (χ2n) is 3.17. The molecule has 15 heavy (non-hydrogen) atoms. The zero-order valence-corrected chi connectivity index (χ0v) is 8.81. The summed E-state index contributed by atoms with van der Waals surface area (Å²) in [7, 11) is 0. The lowest BCUT2D eigenvalue weighted by Gasteiger charge is -2.09. The van der Waals surface area contributed by atoms with Gasteiger partial charge in [-0.3, -0.25) is 4.57 Å². The highest BCUT2D eigenvalue weighted by Gasteiger charge is 2.06. The van der Waals surface area contributed by atoms with Gasteiger partial charge in [-0.15, -0.1) is 0 Å². The normalized spacial score (nSPS) is 10.3. The summed E-state index contributed by atoms with van der Waals surface area (Å²) >= 11 is 0. The fourth-order valence-electron chi connectivity index (χ4n) is 1.43. The minimum Gasteiger partial charge on any atom is -0.370 e. The van der Waals surface area contributed by atoms with E-state index in [0.717, 1.165) is 23.7 Å². The van der Waals surface area contributed by atoms with Gasteiger partial charge in [0, 0.05) is 24.5 Å². The van der Waals surface area contributed by atoms with E-state index in [2.05, 4.69) is 20.3 Å². The third-order valence-corrected chi connectivity index (χ3v) is 2.15. The standard InChI is InChI=1S/C10H13N5/c1-3-12-9-8(2)10(14-6-13-9)15-5-4-11-7-15/h4-7H,3H2,1-2H3,(H,12,13,14). The number of hydrogen-bond donors (Lipinski definition) is 1. The van der Waals surface area contributed by atoms with Crippen LogP contribution in [-0.2, 0) is 0 Å². The van der Waals surface area contributed by atoms with Crippen LogP contribution in [0.2, 0.25) is 0 Å². The van der Waals surface area contributed by atoms with E-state index < -0.39 is 0 Å². The Balaban J connectivity index is 2.45. The predicted molar refractivity (Wildman–Crippen MR) is 58.1 cm³/mol. The second kappa shape index (κ2) is 4.08. The molecule has 2 rings (SSSR count). The first kappa shape index (κ1) is 9.64. The largest absolute Gasteiger partial charge is 0.370 e. The Labute approximate surface area is 88.2 Å². The first-order valence-corrected chi connectivity index (χ1v) is 4.86. The van der Waals surface area contributed by atoms with Gasteiger partial charge in [-0.25, -0.2) is 15.0 Å². The molecule has 2 heterocycles. The monoisotopic (exact) mass is 203 g/mol. The fraction of sp³-hybridized carbons (Fsp3) is 0.300. The lowest BCUT2D eigenvalue weighted by Crippen LogP contribution is -2.06. The molecule has 0 saturated carbocycles. The van der Waals surface area contributed by atoms with Gasteiger partial charge in [0.15, 0.2) is 0 Å². The summed E-state index contributed by atoms with van der Waals surface area (Å²) in [5.41, 5.74) is 1.03. The minimum atomic E-state index is 0.848. The molecule has 0 saturated heterocycles. The van der Waals surface area contributed by atoms with Gasteiger partial charge in [0.2, 0.25) is 0 Å². The number of aromatic nitrogens is 4. The van der Waals surface area contributed by atoms with Gasteiger partial charge in [0.05, 0.1) is 0 Å². The van der Waals surface area contributed by atoms with Crippen molar-refractivity contribution >= 4 is 5.82 Å². The van der Waals surface area contributed by atoms with Gasteiger partial charge in [-0.1, -0.05) is 0 Å². The minimum absolute atomic E-state index is 0.848. The van der Waals surface area contributed by atoms with Crippen molar-refractivity contribution in [2.75, 3.05) is 11.9 Å². The van der Waals surface area contributed by atoms with E-state index in [4.69, 9.17) is 0 Å². The molecule has 0 aliphatic rings. The maximum absolute atomic E-state index is 4.24. The summed E-state index contributed by atoms with van der Waals surface area (Å²) in [6, 6.07) is 0. The van der Waals surface area contributed by atoms with Crippen molar-refractivity contribution in [2.24, 2.45) is 0 Å². The van der Waals surface area contributed by atoms with Crippen molar-refractivity contribution in [3.63, 3.8) is 0 Å². The van der Waals surface area contributed by atoms with E-state index >= 15 is 0 Å². The predicted octanol–water partition coefficient (Wildman–Crippen LogP) is 1.40. The lowest BCUT2D eigenvalue weighted by atomic mass is 10.3. The van der Waals surface area contributed by atoms with Crippen molar-refractivity contribution in [3.05, 3.63) is 30.6 Å². The third-order valence-electron chi connectivity index (χ3n) is 2.15. The summed E-state index contributed by atoms with van der Waals surface area (Å²) in [4.78, 5) is 12.4. The molecule has 0 atom stereocenters. The molecule has 0 aliphatic carbocycles. The molecule has 0 radical (unpaired) electrons. The average molecular weight is 203 g/mol. The van der Waals surface area contributed by atoms with Crippen LogP contribution in [0, 0.1) is 6.92 Å². The first-order chi connectivity index (χ1) is 7.33. The Morgan fingerprint density at radius 3 is 2.93 bits per heavy atom. The van der Waals surface area contributed by atoms with Crippen molar-refractivity contribution in [1.82, 2.24) is 19.5 Å². The van der Waals surface area contributed by atoms with E-state index in [1.807, 2.05) is 24.6 Å². The topological polar surface area (TPSA) is 55.6 Å². The molecule has 1 N–H and O–H groups in total. The summed E-state index contributed by atoms with van der Waals surface area (Å²) < 4.78 is 1.87. The molecule has 0 unspecified atom stereocenters. The van der Waals surface area contributed by atoms with Gasteiger partial charge in [0.25, 0.3) is 0 Å². The van der Waals surface area contributed by atoms with Crippen molar-refractivity contribution < 1.29 is 0 Å². The van der Waals surface area contributed by atoms with Crippen molar-refractivity contribution in [3.8, 4) is 5.82 Å². The summed E-state index contributed by atoms with van der Waals surface area (Å²) in [5, 5.41) is 3.19. The summed E-state index contributed by atoms with van der Waals surface area (Å²) in [5.74, 6) is 1.73. The van der Waals surface area contributed by atoms with Crippen molar-refractivity contribution in [2.45, 2.75) is 13.8 Å². The number of anilines is 1. The highest BCUT2D eigenvalue weighted by Crippen LogP contribution is 2.16. The van der Waals surface area contributed by atoms with Crippen LogP contribution in [0.15, 0.2) is 25.0 Å². The Bertz CT molecular complexity index is 435. The Morgan fingerprint density at radius 2 is 2.27 bits per heavy atom. The van der Waals surface area contributed by atoms with Crippen LogP contribution in [0.3, 0.4) is 0 Å². The zero-order chi connectivity index (χ0) is 10.7. The first-order valence-electron chi connectivity index (χ1n) is 4.86. The number of nitrogens with zero attached hydrogens (tertiary/aromatic N) is 4. The molecule has 2 aromatic rings. The van der Waals surface area contributed by atoms with E-state index in [1.54, 1.807) is 18.9 Å². The Hall–Kier alpha value is -1.91. The molecule has 0 bridgehead atoms. The quantitative estimate of drug-likeness (QED) is 0.819. The van der Waals surface area contributed by atoms with Gasteiger partial charge in [-0.2, -0.15) is 0 Å². The molecule has 0 amide bonds. The van der Waals surface area contributed by atoms with E-state index in [9.17, 15) is 0 Å². The van der Waals surface area contributed by atoms with Crippen LogP contribution >= 0.6 is 0 Å². The molecular formula is C10H13N5. The fourth-order valence-corrected chi connectivity index (χ4v) is 1.43. The van der Waals surface area contributed by atoms with Gasteiger partial charge >= 0.3 is 0 Å². The van der Waals surface area contributed by atoms with Gasteiger partial charge in [-0.05, 0) is 13.8 Å². The third kappa shape index (κ3) is 1.81. The van der Waals surface area contributed by atoms with Crippen molar-refractivity contribution in [1.29, 1.82) is 0 Å². The van der Waals surface area contributed by atoms with Crippen LogP contribution in [0.1, 0.15) is 12.5 Å². The van der Waals surface area contributed by atoms with E-state index in [-0.39, 0.29) is 0 Å². The molecule has 0 aliphatic heterocycles. The van der Waals surface area contributed by atoms with Crippen LogP contribution < -0.4 is 5.32 Å². The SMILES string of the molecule is CCNc1ncnc(-n2ccnc2)c1C. The summed E-state index contributed by atoms with van der Waals surface area (Å²) in [6.45, 7) is 4.88. The molecule has 0 spiro atoms. The summed E-state index contributed by atoms with van der Waals surface area (Å²) in [6.07, 6.45) is 6.88. The van der Waals surface area contributed by atoms with Gasteiger partial charge in [0.1, 0.15) is 24.3 Å². The Morgan fingerprint density at radius 1 is 1.40 bits per heavy atom. The maximum Gasteiger partial charge on any atom is 0.146 e. The number of rotatable bonds is 3. The van der Waals surface area contributed by atoms with Crippen LogP contribution in [0.4, 0.5) is 5.82 Å². The van der Waals surface area contributed by atoms with Gasteiger partial charge < -0.3 is 5.32 Å². The van der Waals surface area contributed by atoms with Crippen LogP contribution in [0.25, 0.3) is 5.82 Å². The van der Waals surface area contributed by atoms with Crippen LogP contribution in [0.5, 0.6) is 0 Å². The molecular weight excluding hydrogens is 190 g/mol. The molecule has 2 aromatic heterocycles. The number of hydrogen-bond acceptors (Lipinski definition) is 4. The lowest BCUT2D eigenvalue weighted by molar-refractivity contribution is 0.947. The highest BCUT2D eigenvalue weighted by atomic mass is 15.1. The van der Waals surface area contributed by atoms with Crippen LogP contribution in [-0.4, -0.2) is 26.1 Å². The average Bonchev–Trinajstić information content (AvgIpc) is 2.74. The molecule has 0 fully saturated rings. The number of imidazole rings is 1. The molecule has 0 aromatic carbocycles. The molecule has 5 nitrogen and oxygen atoms in total. The van der Waals surface area contributed by atoms with E-state index in [1.165, 1.54) is 0 Å². The zero-order valence-electron chi connectivity index (χ0n) is 8.81.